The minimum atomic E-state index is -1.06. The van der Waals surface area contributed by atoms with Gasteiger partial charge in [-0.2, -0.15) is 0 Å². The van der Waals surface area contributed by atoms with E-state index in [1.165, 1.54) is 18.9 Å². The van der Waals surface area contributed by atoms with Crippen molar-refractivity contribution >= 4 is 83.6 Å². The number of imide groups is 1. The Labute approximate surface area is 286 Å². The van der Waals surface area contributed by atoms with E-state index in [-0.39, 0.29) is 56.5 Å². The molecular formula is C35H27Br2ClN2O6. The minimum Gasteiger partial charge on any atom is -0.497 e. The molecule has 1 saturated heterocycles. The molecule has 234 valence electrons. The second kappa shape index (κ2) is 11.9. The minimum absolute atomic E-state index is 0.124. The molecule has 3 aliphatic rings. The third-order valence-corrected chi connectivity index (χ3v) is 13.0. The highest BCUT2D eigenvalue weighted by Crippen LogP contribution is 2.60. The van der Waals surface area contributed by atoms with E-state index in [0.717, 1.165) is 6.42 Å². The number of fused-ring (bicyclic) bond motifs is 6. The summed E-state index contributed by atoms with van der Waals surface area (Å²) in [5.41, 5.74) is 2.55. The van der Waals surface area contributed by atoms with Crippen molar-refractivity contribution in [2.45, 2.75) is 29.1 Å². The molecule has 2 saturated carbocycles. The standard InChI is InChI=1S/C35H27Br2ClN2O6/c1-16(32(41)18-8-12-20(45-2)13-9-18)46-35(44)22-15-26(39-31-21(22)4-3-5-25(31)38)17-6-10-19(11-7-17)40-33(42)27-23-14-24(28(27)34(40)43)30(37)29(23)36/h3-13,15-16,23-24,27-30H,14H2,1-2H3. The Bertz CT molecular complexity index is 1890. The van der Waals surface area contributed by atoms with Crippen LogP contribution in [0.4, 0.5) is 5.69 Å². The van der Waals surface area contributed by atoms with Gasteiger partial charge in [0.15, 0.2) is 6.10 Å². The van der Waals surface area contributed by atoms with Crippen LogP contribution >= 0.6 is 43.5 Å². The lowest BCUT2D eigenvalue weighted by atomic mass is 9.81. The van der Waals surface area contributed by atoms with Gasteiger partial charge in [0.1, 0.15) is 5.75 Å². The molecule has 3 fully saturated rings. The lowest BCUT2D eigenvalue weighted by Gasteiger charge is -2.28. The van der Waals surface area contributed by atoms with Crippen LogP contribution in [0.25, 0.3) is 22.2 Å². The number of anilines is 1. The Balaban J connectivity index is 1.17. The number of ketones is 1. The number of para-hydroxylation sites is 1. The van der Waals surface area contributed by atoms with E-state index in [2.05, 4.69) is 31.9 Å². The first-order valence-corrected chi connectivity index (χ1v) is 17.0. The van der Waals surface area contributed by atoms with Crippen LogP contribution in [-0.4, -0.2) is 51.4 Å². The van der Waals surface area contributed by atoms with Crippen molar-refractivity contribution < 1.29 is 28.7 Å². The van der Waals surface area contributed by atoms with Crippen molar-refractivity contribution in [1.29, 1.82) is 0 Å². The summed E-state index contributed by atoms with van der Waals surface area (Å²) in [6.07, 6.45) is -0.197. The molecule has 3 aromatic carbocycles. The molecule has 7 unspecified atom stereocenters. The number of carbonyl (C=O) groups excluding carboxylic acids is 4. The molecule has 2 heterocycles. The van der Waals surface area contributed by atoms with Crippen molar-refractivity contribution in [3.05, 3.63) is 88.9 Å². The molecule has 0 spiro atoms. The van der Waals surface area contributed by atoms with Gasteiger partial charge in [-0.05, 0) is 73.7 Å². The number of rotatable bonds is 7. The SMILES string of the molecule is COc1ccc(C(=O)C(C)OC(=O)c2cc(-c3ccc(N4C(=O)C5C6CC(C(Br)C6Br)C5C4=O)cc3)nc3c(Cl)cccc23)cc1. The number of hydrogen-bond acceptors (Lipinski definition) is 7. The van der Waals surface area contributed by atoms with Crippen molar-refractivity contribution in [2.75, 3.05) is 12.0 Å². The van der Waals surface area contributed by atoms with Crippen LogP contribution in [0, 0.1) is 23.7 Å². The number of halogens is 3. The summed E-state index contributed by atoms with van der Waals surface area (Å²) >= 11 is 14.0. The summed E-state index contributed by atoms with van der Waals surface area (Å²) in [6.45, 7) is 1.52. The zero-order chi connectivity index (χ0) is 32.4. The third-order valence-electron chi connectivity index (χ3n) is 9.45. The molecule has 0 N–H and O–H groups in total. The summed E-state index contributed by atoms with van der Waals surface area (Å²) in [6, 6.07) is 20.2. The zero-order valence-corrected chi connectivity index (χ0v) is 28.6. The number of nitrogens with zero attached hydrogens (tertiary/aromatic N) is 2. The number of Topliss-reactive ketones (excluding diaryl/α,β-unsaturated/α-hetero) is 1. The van der Waals surface area contributed by atoms with E-state index in [4.69, 9.17) is 26.1 Å². The molecular weight excluding hydrogens is 740 g/mol. The van der Waals surface area contributed by atoms with Crippen LogP contribution in [0.1, 0.15) is 34.1 Å². The number of methoxy groups -OCH3 is 1. The van der Waals surface area contributed by atoms with E-state index < -0.39 is 12.1 Å². The number of hydrogen-bond donors (Lipinski definition) is 0. The molecule has 7 rings (SSSR count). The molecule has 8 nitrogen and oxygen atoms in total. The fraction of sp³-hybridized carbons (Fsp3) is 0.286. The lowest BCUT2D eigenvalue weighted by Crippen LogP contribution is -2.37. The van der Waals surface area contributed by atoms with Crippen molar-refractivity contribution in [3.8, 4) is 17.0 Å². The molecule has 46 heavy (non-hydrogen) atoms. The maximum Gasteiger partial charge on any atom is 0.339 e. The van der Waals surface area contributed by atoms with Gasteiger partial charge in [-0.15, -0.1) is 0 Å². The van der Waals surface area contributed by atoms with Gasteiger partial charge in [-0.3, -0.25) is 19.3 Å². The second-order valence-corrected chi connectivity index (χ2v) is 14.4. The van der Waals surface area contributed by atoms with Crippen LogP contribution in [0.5, 0.6) is 5.75 Å². The largest absolute Gasteiger partial charge is 0.497 e. The Morgan fingerprint density at radius 2 is 1.57 bits per heavy atom. The number of ether oxygens (including phenoxy) is 2. The number of benzene rings is 3. The summed E-state index contributed by atoms with van der Waals surface area (Å²) < 4.78 is 10.8. The van der Waals surface area contributed by atoms with E-state index in [9.17, 15) is 19.2 Å². The number of carbonyl (C=O) groups is 4. The molecule has 11 heteroatoms. The first-order chi connectivity index (χ1) is 22.1. The van der Waals surface area contributed by atoms with Gasteiger partial charge in [-0.25, -0.2) is 9.78 Å². The number of amides is 2. The number of alkyl halides is 2. The Kier molecular flexibility index (Phi) is 8.02. The lowest BCUT2D eigenvalue weighted by molar-refractivity contribution is -0.123. The van der Waals surface area contributed by atoms with Crippen molar-refractivity contribution in [3.63, 3.8) is 0 Å². The van der Waals surface area contributed by atoms with E-state index in [1.54, 1.807) is 72.8 Å². The molecule has 7 atom stereocenters. The molecule has 2 bridgehead atoms. The van der Waals surface area contributed by atoms with Crippen LogP contribution in [-0.2, 0) is 14.3 Å². The quantitative estimate of drug-likeness (QED) is 0.0844. The van der Waals surface area contributed by atoms with Gasteiger partial charge in [0.2, 0.25) is 17.6 Å². The first kappa shape index (κ1) is 31.0. The zero-order valence-electron chi connectivity index (χ0n) is 24.7. The summed E-state index contributed by atoms with van der Waals surface area (Å²) in [4.78, 5) is 60.0. The molecule has 0 radical (unpaired) electrons. The average molecular weight is 767 g/mol. The van der Waals surface area contributed by atoms with Gasteiger partial charge >= 0.3 is 5.97 Å². The second-order valence-electron chi connectivity index (χ2n) is 11.9. The van der Waals surface area contributed by atoms with Gasteiger partial charge in [0.25, 0.3) is 0 Å². The van der Waals surface area contributed by atoms with Crippen molar-refractivity contribution in [1.82, 2.24) is 4.98 Å². The van der Waals surface area contributed by atoms with Crippen LogP contribution in [0.3, 0.4) is 0 Å². The maximum absolute atomic E-state index is 13.5. The Hall–Kier alpha value is -3.60. The van der Waals surface area contributed by atoms with Crippen LogP contribution in [0.2, 0.25) is 5.02 Å². The first-order valence-electron chi connectivity index (χ1n) is 14.8. The fourth-order valence-corrected chi connectivity index (χ4v) is 9.27. The van der Waals surface area contributed by atoms with E-state index >= 15 is 0 Å². The topological polar surface area (TPSA) is 103 Å². The molecule has 1 aromatic heterocycles. The number of esters is 1. The average Bonchev–Trinajstić information content (AvgIpc) is 3.68. The fourth-order valence-electron chi connectivity index (χ4n) is 7.18. The predicted molar refractivity (Wildman–Crippen MR) is 181 cm³/mol. The van der Waals surface area contributed by atoms with Crippen molar-refractivity contribution in [2.24, 2.45) is 23.7 Å². The summed E-state index contributed by atoms with van der Waals surface area (Å²) in [7, 11) is 1.54. The maximum atomic E-state index is 13.5. The van der Waals surface area contributed by atoms with Crippen LogP contribution in [0.15, 0.2) is 72.8 Å². The molecule has 4 aromatic rings. The van der Waals surface area contributed by atoms with Gasteiger partial charge < -0.3 is 9.47 Å². The highest BCUT2D eigenvalue weighted by atomic mass is 79.9. The number of aromatic nitrogens is 1. The monoisotopic (exact) mass is 764 g/mol. The molecule has 2 aliphatic carbocycles. The Morgan fingerprint density at radius 3 is 2.17 bits per heavy atom. The Morgan fingerprint density at radius 1 is 0.935 bits per heavy atom. The number of pyridine rings is 1. The smallest absolute Gasteiger partial charge is 0.339 e. The predicted octanol–water partition coefficient (Wildman–Crippen LogP) is 7.27. The summed E-state index contributed by atoms with van der Waals surface area (Å²) in [5.74, 6) is -1.14. The highest BCUT2D eigenvalue weighted by molar-refractivity contribution is 9.12. The highest BCUT2D eigenvalue weighted by Gasteiger charge is 2.66. The molecule has 2 amide bonds. The van der Waals surface area contributed by atoms with E-state index in [1.807, 2.05) is 0 Å². The van der Waals surface area contributed by atoms with Gasteiger partial charge in [-0.1, -0.05) is 67.7 Å². The normalized spacial score (nSPS) is 25.5. The van der Waals surface area contributed by atoms with Gasteiger partial charge in [0.05, 0.1) is 46.4 Å². The third kappa shape index (κ3) is 4.96. The van der Waals surface area contributed by atoms with E-state index in [0.29, 0.717) is 44.2 Å². The molecule has 1 aliphatic heterocycles. The van der Waals surface area contributed by atoms with Gasteiger partial charge in [0, 0.05) is 26.2 Å². The van der Waals surface area contributed by atoms with Crippen LogP contribution < -0.4 is 9.64 Å². The summed E-state index contributed by atoms with van der Waals surface area (Å²) in [5, 5.41) is 0.823.